The summed E-state index contributed by atoms with van der Waals surface area (Å²) in [6.45, 7) is 10.9. The molecular formula is C23H48N+. The molecule has 1 saturated heterocycles. The minimum atomic E-state index is 0.920. The second-order valence-corrected chi connectivity index (χ2v) is 9.34. The molecule has 0 aromatic rings. The number of hydrogen-bond donors (Lipinski definition) is 0. The molecule has 1 aliphatic rings. The number of likely N-dealkylation sites (tertiary alicyclic amines) is 1. The van der Waals surface area contributed by atoms with E-state index in [2.05, 4.69) is 41.8 Å². The topological polar surface area (TPSA) is 0 Å². The summed E-state index contributed by atoms with van der Waals surface area (Å²) in [5, 5.41) is 0. The van der Waals surface area contributed by atoms with Crippen molar-refractivity contribution in [3.8, 4) is 0 Å². The second-order valence-electron chi connectivity index (χ2n) is 9.34. The van der Waals surface area contributed by atoms with Gasteiger partial charge in [-0.1, -0.05) is 79.1 Å². The van der Waals surface area contributed by atoms with Crippen molar-refractivity contribution in [1.82, 2.24) is 0 Å². The fourth-order valence-corrected chi connectivity index (χ4v) is 5.05. The Kier molecular flexibility index (Phi) is 10.6. The lowest BCUT2D eigenvalue weighted by atomic mass is 9.73. The predicted octanol–water partition coefficient (Wildman–Crippen LogP) is 7.05. The Hall–Kier alpha value is -0.0400. The standard InChI is InChI=1S/C23H48N/c1-7-10-17-23-22(21(9-3)18-19-24(23,5)6)16-14-12-11-13-15-20(4)8-2/h20-23H,7-19H2,1-6H3/q+1. The Morgan fingerprint density at radius 2 is 1.62 bits per heavy atom. The molecule has 1 rings (SSSR count). The van der Waals surface area contributed by atoms with Crippen LogP contribution in [0.25, 0.3) is 0 Å². The van der Waals surface area contributed by atoms with Crippen molar-refractivity contribution >= 4 is 0 Å². The van der Waals surface area contributed by atoms with Gasteiger partial charge in [-0.05, 0) is 37.5 Å². The third-order valence-corrected chi connectivity index (χ3v) is 7.13. The summed E-state index contributed by atoms with van der Waals surface area (Å²) in [5.74, 6) is 2.92. The quantitative estimate of drug-likeness (QED) is 0.264. The fraction of sp³-hybridized carbons (Fsp3) is 1.00. The van der Waals surface area contributed by atoms with E-state index in [-0.39, 0.29) is 0 Å². The van der Waals surface area contributed by atoms with Crippen LogP contribution in [0.2, 0.25) is 0 Å². The molecule has 1 aliphatic heterocycles. The van der Waals surface area contributed by atoms with E-state index >= 15 is 0 Å². The lowest BCUT2D eigenvalue weighted by molar-refractivity contribution is -0.926. The van der Waals surface area contributed by atoms with E-state index in [1.165, 1.54) is 88.1 Å². The van der Waals surface area contributed by atoms with Gasteiger partial charge in [0.2, 0.25) is 0 Å². The molecule has 4 unspecified atom stereocenters. The number of hydrogen-bond acceptors (Lipinski definition) is 0. The molecule has 0 N–H and O–H groups in total. The molecule has 1 heteroatoms. The van der Waals surface area contributed by atoms with Gasteiger partial charge in [0, 0.05) is 5.92 Å². The number of quaternary nitrogens is 1. The van der Waals surface area contributed by atoms with Crippen LogP contribution in [0.1, 0.15) is 105 Å². The van der Waals surface area contributed by atoms with Gasteiger partial charge in [0.25, 0.3) is 0 Å². The van der Waals surface area contributed by atoms with Crippen molar-refractivity contribution in [1.29, 1.82) is 0 Å². The molecule has 0 aromatic carbocycles. The molecular weight excluding hydrogens is 290 g/mol. The summed E-state index contributed by atoms with van der Waals surface area (Å²) in [7, 11) is 5.01. The zero-order chi connectivity index (χ0) is 18.0. The number of unbranched alkanes of at least 4 members (excludes halogenated alkanes) is 4. The first kappa shape index (κ1) is 22.0. The highest BCUT2D eigenvalue weighted by molar-refractivity contribution is 4.82. The van der Waals surface area contributed by atoms with E-state index in [4.69, 9.17) is 0 Å². The molecule has 0 aliphatic carbocycles. The van der Waals surface area contributed by atoms with Gasteiger partial charge in [-0.15, -0.1) is 0 Å². The highest BCUT2D eigenvalue weighted by atomic mass is 15.3. The van der Waals surface area contributed by atoms with Crippen LogP contribution in [0.15, 0.2) is 0 Å². The molecule has 1 nitrogen and oxygen atoms in total. The lowest BCUT2D eigenvalue weighted by Crippen LogP contribution is -2.58. The minimum absolute atomic E-state index is 0.920. The molecule has 144 valence electrons. The third-order valence-electron chi connectivity index (χ3n) is 7.13. The van der Waals surface area contributed by atoms with Gasteiger partial charge in [-0.3, -0.25) is 0 Å². The molecule has 0 saturated carbocycles. The Labute approximate surface area is 154 Å². The van der Waals surface area contributed by atoms with Crippen molar-refractivity contribution in [3.63, 3.8) is 0 Å². The van der Waals surface area contributed by atoms with E-state index in [0.29, 0.717) is 0 Å². The van der Waals surface area contributed by atoms with E-state index in [0.717, 1.165) is 23.8 Å². The molecule has 1 fully saturated rings. The van der Waals surface area contributed by atoms with Gasteiger partial charge in [0.15, 0.2) is 0 Å². The molecule has 0 radical (unpaired) electrons. The molecule has 0 spiro atoms. The highest BCUT2D eigenvalue weighted by Crippen LogP contribution is 2.39. The highest BCUT2D eigenvalue weighted by Gasteiger charge is 2.42. The number of piperidine rings is 1. The van der Waals surface area contributed by atoms with Crippen LogP contribution < -0.4 is 0 Å². The monoisotopic (exact) mass is 338 g/mol. The Bertz CT molecular complexity index is 309. The lowest BCUT2D eigenvalue weighted by Gasteiger charge is -2.49. The van der Waals surface area contributed by atoms with Crippen molar-refractivity contribution in [2.45, 2.75) is 111 Å². The van der Waals surface area contributed by atoms with E-state index in [1.807, 2.05) is 0 Å². The van der Waals surface area contributed by atoms with Crippen LogP contribution in [0.4, 0.5) is 0 Å². The van der Waals surface area contributed by atoms with Crippen LogP contribution in [0.3, 0.4) is 0 Å². The maximum atomic E-state index is 2.51. The average molecular weight is 339 g/mol. The smallest absolute Gasteiger partial charge is 0.0917 e. The first-order valence-corrected chi connectivity index (χ1v) is 11.3. The molecule has 0 amide bonds. The van der Waals surface area contributed by atoms with Crippen molar-refractivity contribution in [2.24, 2.45) is 17.8 Å². The molecule has 24 heavy (non-hydrogen) atoms. The summed E-state index contributed by atoms with van der Waals surface area (Å²) >= 11 is 0. The summed E-state index contributed by atoms with van der Waals surface area (Å²) in [6, 6.07) is 0.920. The summed E-state index contributed by atoms with van der Waals surface area (Å²) in [4.78, 5) is 0. The van der Waals surface area contributed by atoms with Crippen molar-refractivity contribution in [3.05, 3.63) is 0 Å². The molecule has 0 bridgehead atoms. The van der Waals surface area contributed by atoms with Gasteiger partial charge >= 0.3 is 0 Å². The zero-order valence-electron chi connectivity index (χ0n) is 17.9. The van der Waals surface area contributed by atoms with Gasteiger partial charge in [0.05, 0.1) is 26.7 Å². The van der Waals surface area contributed by atoms with Gasteiger partial charge < -0.3 is 4.48 Å². The molecule has 0 aromatic heterocycles. The third kappa shape index (κ3) is 7.06. The largest absolute Gasteiger partial charge is 0.326 e. The first-order valence-electron chi connectivity index (χ1n) is 11.3. The van der Waals surface area contributed by atoms with Gasteiger partial charge in [0.1, 0.15) is 0 Å². The van der Waals surface area contributed by atoms with Gasteiger partial charge in [-0.25, -0.2) is 0 Å². The number of nitrogens with zero attached hydrogens (tertiary/aromatic N) is 1. The van der Waals surface area contributed by atoms with E-state index in [1.54, 1.807) is 0 Å². The average Bonchev–Trinajstić information content (AvgIpc) is 2.56. The predicted molar refractivity (Wildman–Crippen MR) is 109 cm³/mol. The second kappa shape index (κ2) is 11.6. The van der Waals surface area contributed by atoms with Gasteiger partial charge in [-0.2, -0.15) is 0 Å². The number of rotatable bonds is 12. The fourth-order valence-electron chi connectivity index (χ4n) is 5.05. The maximum absolute atomic E-state index is 2.51. The first-order chi connectivity index (χ1) is 11.5. The van der Waals surface area contributed by atoms with E-state index < -0.39 is 0 Å². The molecule has 1 heterocycles. The van der Waals surface area contributed by atoms with Crippen LogP contribution >= 0.6 is 0 Å². The zero-order valence-corrected chi connectivity index (χ0v) is 17.9. The summed E-state index contributed by atoms with van der Waals surface area (Å²) < 4.78 is 1.29. The van der Waals surface area contributed by atoms with Crippen LogP contribution in [-0.2, 0) is 0 Å². The SMILES string of the molecule is CCCCC1C(CCCCCCC(C)CC)C(CC)CC[N+]1(C)C. The van der Waals surface area contributed by atoms with Crippen molar-refractivity contribution in [2.75, 3.05) is 20.6 Å². The minimum Gasteiger partial charge on any atom is -0.326 e. The van der Waals surface area contributed by atoms with Crippen LogP contribution in [-0.4, -0.2) is 31.2 Å². The maximum Gasteiger partial charge on any atom is 0.0917 e. The summed E-state index contributed by atoms with van der Waals surface area (Å²) in [6.07, 6.45) is 17.3. The summed E-state index contributed by atoms with van der Waals surface area (Å²) in [5.41, 5.74) is 0. The molecule has 4 atom stereocenters. The van der Waals surface area contributed by atoms with E-state index in [9.17, 15) is 0 Å². The van der Waals surface area contributed by atoms with Crippen LogP contribution in [0, 0.1) is 17.8 Å². The normalized spacial score (nSPS) is 28.0. The Balaban J connectivity index is 2.46. The Morgan fingerprint density at radius 3 is 2.25 bits per heavy atom. The van der Waals surface area contributed by atoms with Crippen LogP contribution in [0.5, 0.6) is 0 Å². The Morgan fingerprint density at radius 1 is 0.917 bits per heavy atom. The van der Waals surface area contributed by atoms with Crippen molar-refractivity contribution < 1.29 is 4.48 Å².